The summed E-state index contributed by atoms with van der Waals surface area (Å²) in [6, 6.07) is 2.54. The molecule has 0 fully saturated rings. The average molecular weight is 371 g/mol. The van der Waals surface area contributed by atoms with Gasteiger partial charge in [-0.05, 0) is 12.1 Å². The van der Waals surface area contributed by atoms with Crippen molar-refractivity contribution in [3.05, 3.63) is 24.5 Å². The van der Waals surface area contributed by atoms with Gasteiger partial charge in [0.15, 0.2) is 17.3 Å². The number of rotatable bonds is 7. The molecule has 11 heteroatoms. The molecule has 0 radical (unpaired) electrons. The zero-order valence-corrected chi connectivity index (χ0v) is 14.9. The number of anilines is 6. The molecular weight excluding hydrogens is 350 g/mol. The molecule has 11 nitrogen and oxygen atoms in total. The summed E-state index contributed by atoms with van der Waals surface area (Å²) in [7, 11) is 3.79. The fourth-order valence-corrected chi connectivity index (χ4v) is 2.38. The summed E-state index contributed by atoms with van der Waals surface area (Å²) < 4.78 is 1.62. The number of carbonyl (C=O) groups is 1. The van der Waals surface area contributed by atoms with Crippen LogP contribution in [-0.4, -0.2) is 57.7 Å². The van der Waals surface area contributed by atoms with Crippen LogP contribution in [0.2, 0.25) is 0 Å². The van der Waals surface area contributed by atoms with E-state index in [9.17, 15) is 9.90 Å². The molecule has 0 saturated carbocycles. The van der Waals surface area contributed by atoms with Crippen molar-refractivity contribution in [1.29, 1.82) is 0 Å². The molecule has 0 aromatic carbocycles. The molecule has 0 saturated heterocycles. The lowest BCUT2D eigenvalue weighted by molar-refractivity contribution is -0.109. The Morgan fingerprint density at radius 3 is 2.70 bits per heavy atom. The number of nitrogens with zero attached hydrogens (tertiary/aromatic N) is 5. The third-order valence-corrected chi connectivity index (χ3v) is 3.83. The molecule has 0 bridgehead atoms. The fraction of sp³-hybridized carbons (Fsp3) is 0.250. The van der Waals surface area contributed by atoms with Crippen LogP contribution in [0.1, 0.15) is 0 Å². The van der Waals surface area contributed by atoms with Crippen molar-refractivity contribution in [2.75, 3.05) is 47.7 Å². The Kier molecular flexibility index (Phi) is 4.94. The van der Waals surface area contributed by atoms with Crippen molar-refractivity contribution in [3.8, 4) is 0 Å². The van der Waals surface area contributed by atoms with Gasteiger partial charge in [-0.3, -0.25) is 0 Å². The number of fused-ring (bicyclic) bond motifs is 1. The van der Waals surface area contributed by atoms with Crippen LogP contribution in [0.5, 0.6) is 0 Å². The third-order valence-electron chi connectivity index (χ3n) is 3.83. The van der Waals surface area contributed by atoms with E-state index in [1.165, 1.54) is 6.07 Å². The zero-order valence-electron chi connectivity index (χ0n) is 14.9. The minimum Gasteiger partial charge on any atom is -0.396 e. The topological polar surface area (TPSA) is 160 Å². The van der Waals surface area contributed by atoms with Gasteiger partial charge in [0.05, 0.1) is 24.2 Å². The minimum absolute atomic E-state index is 0.233. The lowest BCUT2D eigenvalue weighted by Crippen LogP contribution is -2.26. The summed E-state index contributed by atoms with van der Waals surface area (Å²) in [5, 5.41) is 19.3. The van der Waals surface area contributed by atoms with Crippen LogP contribution in [0.4, 0.5) is 34.5 Å². The molecular formula is C16H21N9O2. The Morgan fingerprint density at radius 2 is 2.04 bits per heavy atom. The monoisotopic (exact) mass is 371 g/mol. The first kappa shape index (κ1) is 18.2. The number of hydrogen-bond acceptors (Lipinski definition) is 10. The van der Waals surface area contributed by atoms with Gasteiger partial charge in [-0.25, -0.2) is 14.5 Å². The second kappa shape index (κ2) is 7.33. The highest BCUT2D eigenvalue weighted by Crippen LogP contribution is 2.29. The number of hydrogen-bond donors (Lipinski definition) is 5. The zero-order chi connectivity index (χ0) is 19.6. The van der Waals surface area contributed by atoms with E-state index in [2.05, 4.69) is 25.7 Å². The van der Waals surface area contributed by atoms with Crippen molar-refractivity contribution in [1.82, 2.24) is 19.6 Å². The van der Waals surface area contributed by atoms with E-state index in [4.69, 9.17) is 11.5 Å². The largest absolute Gasteiger partial charge is 0.396 e. The van der Waals surface area contributed by atoms with Crippen LogP contribution in [-0.2, 0) is 4.79 Å². The van der Waals surface area contributed by atoms with Crippen LogP contribution in [0.25, 0.3) is 5.65 Å². The molecule has 142 valence electrons. The number of aromatic nitrogens is 4. The molecule has 0 aliphatic heterocycles. The van der Waals surface area contributed by atoms with Crippen molar-refractivity contribution in [2.45, 2.75) is 6.04 Å². The Balaban J connectivity index is 1.96. The predicted octanol–water partition coefficient (Wildman–Crippen LogP) is 0.0700. The number of nitrogens with two attached hydrogens (primary N) is 2. The number of aliphatic hydroxyl groups excluding tert-OH is 1. The van der Waals surface area contributed by atoms with E-state index in [1.54, 1.807) is 16.9 Å². The van der Waals surface area contributed by atoms with E-state index in [0.717, 1.165) is 5.82 Å². The van der Waals surface area contributed by atoms with Gasteiger partial charge >= 0.3 is 0 Å². The fourth-order valence-electron chi connectivity index (χ4n) is 2.38. The number of aliphatic hydroxyl groups is 1. The molecule has 3 aromatic rings. The number of nitrogens with one attached hydrogen (secondary N) is 2. The first-order valence-corrected chi connectivity index (χ1v) is 8.10. The van der Waals surface area contributed by atoms with E-state index in [-0.39, 0.29) is 18.1 Å². The van der Waals surface area contributed by atoms with Gasteiger partial charge in [0, 0.05) is 20.3 Å². The Bertz CT molecular complexity index is 970. The summed E-state index contributed by atoms with van der Waals surface area (Å²) in [5.74, 6) is 1.32. The molecule has 0 spiro atoms. The van der Waals surface area contributed by atoms with Crippen molar-refractivity contribution in [2.24, 2.45) is 0 Å². The molecule has 27 heavy (non-hydrogen) atoms. The van der Waals surface area contributed by atoms with E-state index in [1.807, 2.05) is 25.1 Å². The molecule has 0 aliphatic carbocycles. The van der Waals surface area contributed by atoms with Crippen molar-refractivity contribution < 1.29 is 9.90 Å². The molecule has 7 N–H and O–H groups in total. The highest BCUT2D eigenvalue weighted by Gasteiger charge is 2.14. The highest BCUT2D eigenvalue weighted by atomic mass is 16.3. The first-order valence-electron chi connectivity index (χ1n) is 8.10. The van der Waals surface area contributed by atoms with Crippen LogP contribution in [0.3, 0.4) is 0 Å². The highest BCUT2D eigenvalue weighted by molar-refractivity contribution is 5.82. The average Bonchev–Trinajstić information content (AvgIpc) is 3.05. The van der Waals surface area contributed by atoms with E-state index in [0.29, 0.717) is 29.1 Å². The lowest BCUT2D eigenvalue weighted by Gasteiger charge is -2.16. The lowest BCUT2D eigenvalue weighted by atomic mass is 10.3. The molecule has 3 heterocycles. The number of aldehydes is 1. The molecule has 3 rings (SSSR count). The SMILES string of the molecule is CN(C)c1ccn2ncc(Nc3nc(NC(C=O)CO)c(N)cc3N)c2n1. The van der Waals surface area contributed by atoms with E-state index >= 15 is 0 Å². The molecule has 0 aliphatic rings. The summed E-state index contributed by atoms with van der Waals surface area (Å²) in [5.41, 5.74) is 13.7. The Morgan fingerprint density at radius 1 is 1.30 bits per heavy atom. The number of nitrogen functional groups attached to an aromatic ring is 2. The van der Waals surface area contributed by atoms with Crippen LogP contribution < -0.4 is 27.0 Å². The maximum Gasteiger partial charge on any atom is 0.180 e. The van der Waals surface area contributed by atoms with E-state index < -0.39 is 6.04 Å². The third kappa shape index (κ3) is 3.67. The molecule has 1 unspecified atom stereocenters. The van der Waals surface area contributed by atoms with Gasteiger partial charge in [0.2, 0.25) is 0 Å². The van der Waals surface area contributed by atoms with Gasteiger partial charge in [-0.1, -0.05) is 0 Å². The minimum atomic E-state index is -0.822. The summed E-state index contributed by atoms with van der Waals surface area (Å²) in [6.07, 6.45) is 3.97. The second-order valence-electron chi connectivity index (χ2n) is 6.07. The van der Waals surface area contributed by atoms with Gasteiger partial charge in [0.1, 0.15) is 23.8 Å². The summed E-state index contributed by atoms with van der Waals surface area (Å²) in [6.45, 7) is -0.386. The maximum atomic E-state index is 10.9. The van der Waals surface area contributed by atoms with Gasteiger partial charge in [-0.15, -0.1) is 0 Å². The standard InChI is InChI=1S/C16H21N9O2/c1-24(2)13-3-4-25-16(22-13)12(6-19-25)21-15-11(18)5-10(17)14(23-15)20-9(7-26)8-27/h3-7,9,27H,8,17-18H2,1-2H3,(H2,20,21,23). The smallest absolute Gasteiger partial charge is 0.180 e. The molecule has 0 amide bonds. The second-order valence-corrected chi connectivity index (χ2v) is 6.07. The number of pyridine rings is 1. The van der Waals surface area contributed by atoms with Gasteiger partial charge < -0.3 is 36.9 Å². The summed E-state index contributed by atoms with van der Waals surface area (Å²) in [4.78, 5) is 21.7. The quantitative estimate of drug-likeness (QED) is 0.360. The van der Waals surface area contributed by atoms with Gasteiger partial charge in [-0.2, -0.15) is 5.10 Å². The predicted molar refractivity (Wildman–Crippen MR) is 104 cm³/mol. The molecule has 3 aromatic heterocycles. The van der Waals surface area contributed by atoms with Gasteiger partial charge in [0.25, 0.3) is 0 Å². The Hall–Kier alpha value is -3.60. The summed E-state index contributed by atoms with van der Waals surface area (Å²) >= 11 is 0. The molecule has 1 atom stereocenters. The maximum absolute atomic E-state index is 10.9. The normalized spacial score (nSPS) is 12.0. The van der Waals surface area contributed by atoms with Crippen LogP contribution in [0.15, 0.2) is 24.5 Å². The van der Waals surface area contributed by atoms with Crippen molar-refractivity contribution in [3.63, 3.8) is 0 Å². The number of carbonyl (C=O) groups excluding carboxylic acids is 1. The first-order chi connectivity index (χ1) is 12.9. The Labute approximate surface area is 155 Å². The van der Waals surface area contributed by atoms with Crippen LogP contribution >= 0.6 is 0 Å². The van der Waals surface area contributed by atoms with Crippen molar-refractivity contribution >= 4 is 46.4 Å². The van der Waals surface area contributed by atoms with Crippen LogP contribution in [0, 0.1) is 0 Å².